The van der Waals surface area contributed by atoms with E-state index in [1.165, 1.54) is 24.3 Å². The van der Waals surface area contributed by atoms with E-state index in [9.17, 15) is 39.4 Å². The second-order valence-electron chi connectivity index (χ2n) is 12.3. The van der Waals surface area contributed by atoms with Gasteiger partial charge in [-0.15, -0.1) is 0 Å². The van der Waals surface area contributed by atoms with Gasteiger partial charge in [0.25, 0.3) is 35.0 Å². The molecule has 0 bridgehead atoms. The molecule has 0 saturated heterocycles. The molecular weight excluding hydrogens is 658 g/mol. The number of nitro groups is 2. The Morgan fingerprint density at radius 2 is 0.980 bits per heavy atom. The summed E-state index contributed by atoms with van der Waals surface area (Å²) in [5.74, 6) is -2.26. The van der Waals surface area contributed by atoms with E-state index >= 15 is 0 Å². The lowest BCUT2D eigenvalue weighted by atomic mass is 9.91. The third-order valence-corrected chi connectivity index (χ3v) is 9.37. The average Bonchev–Trinajstić information content (AvgIpc) is 3.13. The molecule has 4 heterocycles. The van der Waals surface area contributed by atoms with Gasteiger partial charge in [0.15, 0.2) is 0 Å². The number of non-ortho nitro benzene ring substituents is 2. The number of benzene rings is 4. The topological polar surface area (TPSA) is 199 Å². The molecule has 0 atom stereocenters. The lowest BCUT2D eigenvalue weighted by Gasteiger charge is -2.28. The van der Waals surface area contributed by atoms with Gasteiger partial charge in [0, 0.05) is 93.2 Å². The molecular formula is C36H25N7O8. The van der Waals surface area contributed by atoms with Crippen LogP contribution in [0.2, 0.25) is 0 Å². The lowest BCUT2D eigenvalue weighted by Crippen LogP contribution is -2.42. The number of hydrogen-bond donors (Lipinski definition) is 1. The largest absolute Gasteiger partial charge is 0.317 e. The summed E-state index contributed by atoms with van der Waals surface area (Å²) >= 11 is 0. The van der Waals surface area contributed by atoms with Crippen LogP contribution in [0.4, 0.5) is 11.4 Å². The molecule has 2 aromatic heterocycles. The minimum Gasteiger partial charge on any atom is -0.317 e. The SMILES string of the molecule is O=C1c2cc([N+](=O)[O-])cc3c2c(cc2cccnc23)C(=O)N1CCCNCCCN1C(=O)c2cc([N+](=O)[O-])cc3c2c(cc2cccnc23)C1=O. The van der Waals surface area contributed by atoms with E-state index in [4.69, 9.17) is 0 Å². The van der Waals surface area contributed by atoms with Crippen molar-refractivity contribution < 1.29 is 29.0 Å². The highest BCUT2D eigenvalue weighted by atomic mass is 16.6. The maximum atomic E-state index is 13.6. The van der Waals surface area contributed by atoms with Gasteiger partial charge in [0.2, 0.25) is 0 Å². The van der Waals surface area contributed by atoms with Crippen LogP contribution < -0.4 is 5.32 Å². The average molecular weight is 684 g/mol. The Labute approximate surface area is 286 Å². The van der Waals surface area contributed by atoms with Gasteiger partial charge in [-0.25, -0.2) is 0 Å². The molecule has 4 amide bonds. The van der Waals surface area contributed by atoms with Crippen molar-refractivity contribution in [1.82, 2.24) is 25.1 Å². The zero-order valence-electron chi connectivity index (χ0n) is 26.6. The highest BCUT2D eigenvalue weighted by Crippen LogP contribution is 2.39. The number of amides is 4. The predicted molar refractivity (Wildman–Crippen MR) is 185 cm³/mol. The molecule has 2 aliphatic heterocycles. The summed E-state index contributed by atoms with van der Waals surface area (Å²) in [4.78, 5) is 87.5. The monoisotopic (exact) mass is 683 g/mol. The fourth-order valence-corrected chi connectivity index (χ4v) is 7.09. The summed E-state index contributed by atoms with van der Waals surface area (Å²) in [5, 5.41) is 29.3. The van der Waals surface area contributed by atoms with Gasteiger partial charge in [-0.2, -0.15) is 0 Å². The van der Waals surface area contributed by atoms with Crippen molar-refractivity contribution in [3.8, 4) is 0 Å². The lowest BCUT2D eigenvalue weighted by molar-refractivity contribution is -0.384. The predicted octanol–water partition coefficient (Wildman–Crippen LogP) is 5.17. The maximum absolute atomic E-state index is 13.6. The quantitative estimate of drug-likeness (QED) is 0.0657. The minimum absolute atomic E-state index is 0.0465. The van der Waals surface area contributed by atoms with Gasteiger partial charge in [-0.3, -0.25) is 59.2 Å². The van der Waals surface area contributed by atoms with Gasteiger partial charge < -0.3 is 5.32 Å². The van der Waals surface area contributed by atoms with Crippen LogP contribution >= 0.6 is 0 Å². The first-order valence-corrected chi connectivity index (χ1v) is 16.1. The van der Waals surface area contributed by atoms with Gasteiger partial charge in [-0.05, 0) is 50.2 Å². The molecule has 15 nitrogen and oxygen atoms in total. The summed E-state index contributed by atoms with van der Waals surface area (Å²) in [5.41, 5.74) is 1.03. The number of fused-ring (bicyclic) bond motifs is 4. The van der Waals surface area contributed by atoms with Gasteiger partial charge in [-0.1, -0.05) is 12.1 Å². The van der Waals surface area contributed by atoms with E-state index in [1.807, 2.05) is 0 Å². The second kappa shape index (κ2) is 12.0. The Morgan fingerprint density at radius 1 is 0.588 bits per heavy atom. The maximum Gasteiger partial charge on any atom is 0.270 e. The Morgan fingerprint density at radius 3 is 1.37 bits per heavy atom. The number of aromatic nitrogens is 2. The standard InChI is InChI=1S/C36H25N7O8/c44-33-25-13-19-5-1-9-38-31(19)23-15-21(42(48)49)17-27(29(23)25)35(46)40(33)11-3-7-37-8-4-12-41-34(45)26-14-20-6-2-10-39-32(20)24-16-22(43(50)51)18-28(30(24)26)36(41)47/h1-2,5-6,9-10,13-18,37H,3-4,7-8,11-12H2. The second-order valence-corrected chi connectivity index (χ2v) is 12.3. The molecule has 8 rings (SSSR count). The number of nitro benzene ring substituents is 2. The molecule has 0 spiro atoms. The minimum atomic E-state index is -0.627. The normalized spacial score (nSPS) is 14.0. The number of carbonyl (C=O) groups excluding carboxylic acids is 4. The number of nitrogens with zero attached hydrogens (tertiary/aromatic N) is 6. The first-order chi connectivity index (χ1) is 24.6. The van der Waals surface area contributed by atoms with Crippen molar-refractivity contribution in [3.63, 3.8) is 0 Å². The van der Waals surface area contributed by atoms with Crippen molar-refractivity contribution in [2.24, 2.45) is 0 Å². The zero-order valence-corrected chi connectivity index (χ0v) is 26.6. The first-order valence-electron chi connectivity index (χ1n) is 16.1. The van der Waals surface area contributed by atoms with Crippen molar-refractivity contribution in [1.29, 1.82) is 0 Å². The molecule has 2 aliphatic rings. The molecule has 0 aliphatic carbocycles. The number of pyridine rings is 2. The van der Waals surface area contributed by atoms with Crippen molar-refractivity contribution in [2.45, 2.75) is 12.8 Å². The van der Waals surface area contributed by atoms with E-state index < -0.39 is 33.5 Å². The Kier molecular flexibility index (Phi) is 7.41. The Balaban J connectivity index is 0.941. The molecule has 0 unspecified atom stereocenters. The number of rotatable bonds is 10. The van der Waals surface area contributed by atoms with Gasteiger partial charge in [0.05, 0.1) is 32.0 Å². The van der Waals surface area contributed by atoms with Crippen LogP contribution in [0.25, 0.3) is 43.4 Å². The van der Waals surface area contributed by atoms with Crippen LogP contribution in [0.15, 0.2) is 73.1 Å². The van der Waals surface area contributed by atoms with Gasteiger partial charge >= 0.3 is 0 Å². The number of hydrogen-bond acceptors (Lipinski definition) is 11. The van der Waals surface area contributed by atoms with E-state index in [0.717, 1.165) is 9.80 Å². The summed E-state index contributed by atoms with van der Waals surface area (Å²) in [6, 6.07) is 15.3. The fourth-order valence-electron chi connectivity index (χ4n) is 7.09. The Hall–Kier alpha value is -6.74. The van der Waals surface area contributed by atoms with Crippen LogP contribution in [-0.4, -0.2) is 79.4 Å². The first kappa shape index (κ1) is 31.5. The van der Waals surface area contributed by atoms with Crippen LogP contribution in [0.5, 0.6) is 0 Å². The van der Waals surface area contributed by atoms with E-state index in [1.54, 1.807) is 48.8 Å². The molecule has 252 valence electrons. The van der Waals surface area contributed by atoms with Crippen LogP contribution in [0.3, 0.4) is 0 Å². The molecule has 0 fully saturated rings. The molecule has 0 radical (unpaired) electrons. The van der Waals surface area contributed by atoms with Crippen LogP contribution in [0, 0.1) is 20.2 Å². The van der Waals surface area contributed by atoms with Crippen LogP contribution in [-0.2, 0) is 0 Å². The molecule has 0 saturated carbocycles. The number of imide groups is 2. The zero-order chi connectivity index (χ0) is 35.6. The third kappa shape index (κ3) is 5.01. The van der Waals surface area contributed by atoms with E-state index in [2.05, 4.69) is 15.3 Å². The fraction of sp³-hybridized carbons (Fsp3) is 0.167. The summed E-state index contributed by atoms with van der Waals surface area (Å²) in [6.07, 6.45) is 3.82. The number of carbonyl (C=O) groups is 4. The molecule has 6 aromatic rings. The van der Waals surface area contributed by atoms with Crippen molar-refractivity contribution in [2.75, 3.05) is 26.2 Å². The molecule has 1 N–H and O–H groups in total. The van der Waals surface area contributed by atoms with Gasteiger partial charge in [0.1, 0.15) is 0 Å². The third-order valence-electron chi connectivity index (χ3n) is 9.37. The van der Waals surface area contributed by atoms with E-state index in [-0.39, 0.29) is 46.7 Å². The number of nitrogens with one attached hydrogen (secondary N) is 1. The summed E-state index contributed by atoms with van der Waals surface area (Å²) in [7, 11) is 0. The highest BCUT2D eigenvalue weighted by Gasteiger charge is 2.36. The Bertz CT molecular complexity index is 2410. The summed E-state index contributed by atoms with van der Waals surface area (Å²) in [6.45, 7) is 0.853. The van der Waals surface area contributed by atoms with Crippen LogP contribution in [0.1, 0.15) is 54.3 Å². The van der Waals surface area contributed by atoms with Crippen molar-refractivity contribution in [3.05, 3.63) is 116 Å². The molecule has 4 aromatic carbocycles. The van der Waals surface area contributed by atoms with E-state index in [0.29, 0.717) is 69.3 Å². The van der Waals surface area contributed by atoms with Crippen molar-refractivity contribution >= 4 is 78.4 Å². The highest BCUT2D eigenvalue weighted by molar-refractivity contribution is 6.30. The summed E-state index contributed by atoms with van der Waals surface area (Å²) < 4.78 is 0. The smallest absolute Gasteiger partial charge is 0.270 e. The molecule has 15 heteroatoms. The molecule has 51 heavy (non-hydrogen) atoms.